The molecule has 0 aliphatic rings. The topological polar surface area (TPSA) is 77.3 Å². The number of ether oxygens (including phenoxy) is 1. The van der Waals surface area contributed by atoms with Crippen molar-refractivity contribution in [2.45, 2.75) is 20.3 Å². The molecule has 0 amide bonds. The van der Waals surface area contributed by atoms with Crippen LogP contribution in [0.5, 0.6) is 11.6 Å². The first-order valence-electron chi connectivity index (χ1n) is 6.79. The maximum Gasteiger partial charge on any atom is 0.278 e. The molecule has 0 aliphatic carbocycles. The van der Waals surface area contributed by atoms with Crippen molar-refractivity contribution in [3.63, 3.8) is 0 Å². The largest absolute Gasteiger partial charge is 0.439 e. The highest BCUT2D eigenvalue weighted by Crippen LogP contribution is 2.26. The van der Waals surface area contributed by atoms with E-state index in [1.165, 1.54) is 17.7 Å². The first-order chi connectivity index (χ1) is 10.1. The smallest absolute Gasteiger partial charge is 0.278 e. The molecule has 2 aromatic rings. The van der Waals surface area contributed by atoms with Crippen molar-refractivity contribution in [2.24, 2.45) is 0 Å². The Morgan fingerprint density at radius 3 is 2.52 bits per heavy atom. The van der Waals surface area contributed by atoms with Crippen molar-refractivity contribution in [2.75, 3.05) is 11.9 Å². The summed E-state index contributed by atoms with van der Waals surface area (Å²) in [6.07, 6.45) is 0.944. The van der Waals surface area contributed by atoms with Gasteiger partial charge < -0.3 is 10.1 Å². The van der Waals surface area contributed by atoms with Crippen LogP contribution < -0.4 is 10.1 Å². The second-order valence-corrected chi connectivity index (χ2v) is 4.44. The molecule has 110 valence electrons. The van der Waals surface area contributed by atoms with Crippen LogP contribution >= 0.6 is 0 Å². The number of rotatable bonds is 6. The van der Waals surface area contributed by atoms with E-state index in [1.807, 2.05) is 31.2 Å². The van der Waals surface area contributed by atoms with Crippen LogP contribution in [-0.2, 0) is 6.42 Å². The van der Waals surface area contributed by atoms with Crippen LogP contribution in [0.25, 0.3) is 0 Å². The number of anilines is 1. The van der Waals surface area contributed by atoms with Gasteiger partial charge in [0, 0.05) is 6.54 Å². The summed E-state index contributed by atoms with van der Waals surface area (Å²) in [5, 5.41) is 13.9. The third kappa shape index (κ3) is 3.92. The van der Waals surface area contributed by atoms with E-state index in [0.717, 1.165) is 6.42 Å². The predicted octanol–water partition coefficient (Wildman–Crippen LogP) is 3.78. The summed E-state index contributed by atoms with van der Waals surface area (Å²) in [4.78, 5) is 14.7. The maximum absolute atomic E-state index is 10.9. The van der Waals surface area contributed by atoms with E-state index in [2.05, 4.69) is 17.2 Å². The Morgan fingerprint density at radius 1 is 1.24 bits per heavy atom. The molecule has 0 bridgehead atoms. The van der Waals surface area contributed by atoms with E-state index in [1.54, 1.807) is 0 Å². The summed E-state index contributed by atoms with van der Waals surface area (Å²) in [5.41, 5.74) is 1.14. The summed E-state index contributed by atoms with van der Waals surface area (Å²) in [6.45, 7) is 4.59. The van der Waals surface area contributed by atoms with Gasteiger partial charge in [0.25, 0.3) is 5.69 Å². The third-order valence-electron chi connectivity index (χ3n) is 2.91. The molecule has 1 aromatic carbocycles. The first-order valence-corrected chi connectivity index (χ1v) is 6.79. The Balaban J connectivity index is 2.26. The van der Waals surface area contributed by atoms with Crippen molar-refractivity contribution in [1.82, 2.24) is 4.98 Å². The fraction of sp³-hybridized carbons (Fsp3) is 0.267. The third-order valence-corrected chi connectivity index (χ3v) is 2.91. The van der Waals surface area contributed by atoms with Gasteiger partial charge in [-0.2, -0.15) is 4.98 Å². The fourth-order valence-corrected chi connectivity index (χ4v) is 1.83. The zero-order chi connectivity index (χ0) is 15.2. The lowest BCUT2D eigenvalue weighted by molar-refractivity contribution is -0.384. The Bertz CT molecular complexity index is 627. The van der Waals surface area contributed by atoms with Crippen molar-refractivity contribution >= 4 is 11.5 Å². The maximum atomic E-state index is 10.9. The van der Waals surface area contributed by atoms with Crippen molar-refractivity contribution in [1.29, 1.82) is 0 Å². The zero-order valence-corrected chi connectivity index (χ0v) is 12.0. The number of nitrogens with zero attached hydrogens (tertiary/aromatic N) is 2. The molecule has 1 aromatic heterocycles. The quantitative estimate of drug-likeness (QED) is 0.646. The molecule has 0 saturated carbocycles. The predicted molar refractivity (Wildman–Crippen MR) is 80.9 cm³/mol. The Morgan fingerprint density at radius 2 is 1.95 bits per heavy atom. The molecule has 1 heterocycles. The minimum absolute atomic E-state index is 0.0545. The van der Waals surface area contributed by atoms with Crippen LogP contribution in [0.15, 0.2) is 36.4 Å². The van der Waals surface area contributed by atoms with E-state index in [9.17, 15) is 10.1 Å². The summed E-state index contributed by atoms with van der Waals surface area (Å²) in [5.74, 6) is 1.22. The average Bonchev–Trinajstić information content (AvgIpc) is 2.48. The number of aryl methyl sites for hydroxylation is 1. The minimum atomic E-state index is -0.463. The lowest BCUT2D eigenvalue weighted by Gasteiger charge is -2.08. The normalized spacial score (nSPS) is 10.2. The van der Waals surface area contributed by atoms with E-state index in [0.29, 0.717) is 18.1 Å². The molecule has 2 rings (SSSR count). The van der Waals surface area contributed by atoms with Gasteiger partial charge >= 0.3 is 0 Å². The molecule has 0 saturated heterocycles. The highest BCUT2D eigenvalue weighted by Gasteiger charge is 2.12. The Kier molecular flexibility index (Phi) is 4.71. The second-order valence-electron chi connectivity index (χ2n) is 4.44. The highest BCUT2D eigenvalue weighted by molar-refractivity contribution is 5.49. The van der Waals surface area contributed by atoms with Crippen LogP contribution in [0.1, 0.15) is 19.4 Å². The summed E-state index contributed by atoms with van der Waals surface area (Å²) >= 11 is 0. The van der Waals surface area contributed by atoms with Crippen LogP contribution in [0.3, 0.4) is 0 Å². The molecule has 0 unspecified atom stereocenters. The van der Waals surface area contributed by atoms with Gasteiger partial charge in [0.05, 0.1) is 17.1 Å². The van der Waals surface area contributed by atoms with Crippen LogP contribution in [-0.4, -0.2) is 16.5 Å². The lowest BCUT2D eigenvalue weighted by atomic mass is 10.2. The molecule has 0 atom stereocenters. The minimum Gasteiger partial charge on any atom is -0.439 e. The number of benzene rings is 1. The molecule has 0 fully saturated rings. The van der Waals surface area contributed by atoms with E-state index in [4.69, 9.17) is 4.74 Å². The molecule has 0 radical (unpaired) electrons. The van der Waals surface area contributed by atoms with Gasteiger partial charge in [-0.1, -0.05) is 19.1 Å². The number of aromatic nitrogens is 1. The average molecular weight is 287 g/mol. The van der Waals surface area contributed by atoms with Crippen molar-refractivity contribution in [3.05, 3.63) is 52.1 Å². The summed E-state index contributed by atoms with van der Waals surface area (Å²) < 4.78 is 5.60. The molecule has 1 N–H and O–H groups in total. The van der Waals surface area contributed by atoms with Gasteiger partial charge in [-0.25, -0.2) is 0 Å². The molecule has 21 heavy (non-hydrogen) atoms. The van der Waals surface area contributed by atoms with Gasteiger partial charge in [0.1, 0.15) is 11.6 Å². The van der Waals surface area contributed by atoms with Gasteiger partial charge in [-0.05, 0) is 31.0 Å². The number of hydrogen-bond acceptors (Lipinski definition) is 5. The number of nitro groups is 1. The molecule has 0 aliphatic heterocycles. The summed E-state index contributed by atoms with van der Waals surface area (Å²) in [7, 11) is 0. The first kappa shape index (κ1) is 14.8. The monoisotopic (exact) mass is 287 g/mol. The van der Waals surface area contributed by atoms with Crippen LogP contribution in [0.4, 0.5) is 11.5 Å². The molecule has 0 spiro atoms. The van der Waals surface area contributed by atoms with Gasteiger partial charge in [-0.3, -0.25) is 10.1 Å². The molecule has 6 nitrogen and oxygen atoms in total. The number of pyridine rings is 1. The van der Waals surface area contributed by atoms with Gasteiger partial charge in [-0.15, -0.1) is 0 Å². The molecule has 6 heteroatoms. The van der Waals surface area contributed by atoms with Crippen molar-refractivity contribution < 1.29 is 9.66 Å². The Hall–Kier alpha value is -2.63. The van der Waals surface area contributed by atoms with Gasteiger partial charge in [0.2, 0.25) is 5.88 Å². The van der Waals surface area contributed by atoms with Crippen molar-refractivity contribution in [3.8, 4) is 11.6 Å². The molecular formula is C15H17N3O3. The fourth-order valence-electron chi connectivity index (χ4n) is 1.83. The second kappa shape index (κ2) is 6.69. The molecular weight excluding hydrogens is 270 g/mol. The van der Waals surface area contributed by atoms with E-state index < -0.39 is 4.92 Å². The standard InChI is InChI=1S/C15H17N3O3/c1-3-11-5-7-13(8-6-11)21-15-10-12(18(19)20)9-14(17-15)16-4-2/h5-10H,3-4H2,1-2H3,(H,16,17). The Labute approximate surface area is 122 Å². The zero-order valence-electron chi connectivity index (χ0n) is 12.0. The number of nitrogens with one attached hydrogen (secondary N) is 1. The van der Waals surface area contributed by atoms with E-state index in [-0.39, 0.29) is 11.6 Å². The lowest BCUT2D eigenvalue weighted by Crippen LogP contribution is -2.01. The van der Waals surface area contributed by atoms with Crippen LogP contribution in [0, 0.1) is 10.1 Å². The van der Waals surface area contributed by atoms with Crippen LogP contribution in [0.2, 0.25) is 0 Å². The SMILES string of the molecule is CCNc1cc([N+](=O)[O-])cc(Oc2ccc(CC)cc2)n1. The highest BCUT2D eigenvalue weighted by atomic mass is 16.6. The number of hydrogen-bond donors (Lipinski definition) is 1. The van der Waals surface area contributed by atoms with Gasteiger partial charge in [0.15, 0.2) is 0 Å². The summed E-state index contributed by atoms with van der Waals surface area (Å²) in [6, 6.07) is 10.3. The van der Waals surface area contributed by atoms with E-state index >= 15 is 0 Å².